The minimum Gasteiger partial charge on any atom is -0.489 e. The van der Waals surface area contributed by atoms with Gasteiger partial charge in [-0.25, -0.2) is 13.3 Å². The van der Waals surface area contributed by atoms with Crippen molar-refractivity contribution in [3.05, 3.63) is 41.5 Å². The highest BCUT2D eigenvalue weighted by atomic mass is 32.2. The highest BCUT2D eigenvalue weighted by Gasteiger charge is 2.46. The van der Waals surface area contributed by atoms with Gasteiger partial charge in [-0.2, -0.15) is 0 Å². The van der Waals surface area contributed by atoms with E-state index in [-0.39, 0.29) is 41.7 Å². The largest absolute Gasteiger partial charge is 0.489 e. The first-order valence-corrected chi connectivity index (χ1v) is 12.8. The van der Waals surface area contributed by atoms with Crippen LogP contribution in [0.2, 0.25) is 0 Å². The number of rotatable bonds is 3. The Morgan fingerprint density at radius 2 is 2.09 bits per heavy atom. The molecule has 0 spiro atoms. The number of nitrogens with one attached hydrogen (secondary N) is 2. The molecule has 0 radical (unpaired) electrons. The van der Waals surface area contributed by atoms with Crippen LogP contribution in [0.15, 0.2) is 29.3 Å². The third-order valence-corrected chi connectivity index (χ3v) is 8.22. The summed E-state index contributed by atoms with van der Waals surface area (Å²) >= 11 is 0. The maximum Gasteiger partial charge on any atom is 0.276 e. The van der Waals surface area contributed by atoms with Gasteiger partial charge < -0.3 is 24.3 Å². The van der Waals surface area contributed by atoms with E-state index in [1.807, 2.05) is 11.8 Å². The van der Waals surface area contributed by atoms with E-state index >= 15 is 0 Å². The summed E-state index contributed by atoms with van der Waals surface area (Å²) in [6.07, 6.45) is 2.28. The van der Waals surface area contributed by atoms with Crippen LogP contribution in [0, 0.1) is 24.1 Å². The molecular weight excluding hydrogens is 475 g/mol. The lowest BCUT2D eigenvalue weighted by molar-refractivity contribution is -0.170. The Kier molecular flexibility index (Phi) is 6.18. The van der Waals surface area contributed by atoms with E-state index in [9.17, 15) is 18.2 Å². The number of amides is 2. The number of carbonyl (C=O) groups excluding carboxylic acids is 2. The molecular formula is C24H29FN4O5S. The average Bonchev–Trinajstić information content (AvgIpc) is 3.13. The fourth-order valence-electron chi connectivity index (χ4n) is 4.87. The van der Waals surface area contributed by atoms with Crippen LogP contribution in [0.4, 0.5) is 10.1 Å². The van der Waals surface area contributed by atoms with Gasteiger partial charge in [0.15, 0.2) is 11.4 Å². The van der Waals surface area contributed by atoms with Crippen LogP contribution in [0.5, 0.6) is 5.75 Å². The number of benzene rings is 1. The number of piperidine rings is 1. The fraction of sp³-hybridized carbons (Fsp3) is 0.500. The zero-order chi connectivity index (χ0) is 24.9. The Bertz CT molecular complexity index is 1210. The third-order valence-electron chi connectivity index (χ3n) is 7.01. The van der Waals surface area contributed by atoms with Crippen molar-refractivity contribution in [3.8, 4) is 5.75 Å². The van der Waals surface area contributed by atoms with Gasteiger partial charge in [-0.15, -0.1) is 0 Å². The van der Waals surface area contributed by atoms with Gasteiger partial charge in [0.05, 0.1) is 25.2 Å². The Balaban J connectivity index is 1.36. The van der Waals surface area contributed by atoms with E-state index in [0.717, 1.165) is 0 Å². The van der Waals surface area contributed by atoms with Crippen LogP contribution < -0.4 is 14.8 Å². The number of aryl methyl sites for hydroxylation is 2. The van der Waals surface area contributed by atoms with E-state index in [4.69, 9.17) is 9.47 Å². The molecule has 1 aromatic heterocycles. The molecule has 2 amide bonds. The summed E-state index contributed by atoms with van der Waals surface area (Å²) < 4.78 is 43.0. The number of ether oxygens (including phenoxy) is 2. The summed E-state index contributed by atoms with van der Waals surface area (Å²) in [4.78, 5) is 28.4. The van der Waals surface area contributed by atoms with Gasteiger partial charge in [-0.3, -0.25) is 9.59 Å². The van der Waals surface area contributed by atoms with E-state index in [1.165, 1.54) is 12.1 Å². The smallest absolute Gasteiger partial charge is 0.276 e. The van der Waals surface area contributed by atoms with Gasteiger partial charge >= 0.3 is 0 Å². The van der Waals surface area contributed by atoms with Gasteiger partial charge in [0, 0.05) is 44.0 Å². The molecule has 4 heterocycles. The number of nitrogens with zero attached hydrogens (tertiary/aromatic N) is 2. The van der Waals surface area contributed by atoms with Crippen molar-refractivity contribution in [2.75, 3.05) is 38.2 Å². The summed E-state index contributed by atoms with van der Waals surface area (Å²) in [5.41, 5.74) is 0.598. The molecule has 2 fully saturated rings. The molecule has 9 nitrogen and oxygen atoms in total. The topological polar surface area (TPSA) is 102 Å². The Morgan fingerprint density at radius 3 is 2.77 bits per heavy atom. The van der Waals surface area contributed by atoms with E-state index in [2.05, 4.69) is 10.0 Å². The SMILES string of the molecule is Cc1cc(NC(=O)c2c3c(cn2C)S(=O)NC2CCN(C(=O)C4(C)COC4)CC2CO3)ccc1F. The molecule has 2 aromatic rings. The predicted octanol–water partition coefficient (Wildman–Crippen LogP) is 1.98. The number of hydrogen-bond acceptors (Lipinski definition) is 5. The quantitative estimate of drug-likeness (QED) is 0.666. The van der Waals surface area contributed by atoms with Crippen molar-refractivity contribution >= 4 is 28.5 Å². The molecule has 0 aliphatic carbocycles. The maximum absolute atomic E-state index is 13.6. The standard InChI is InChI=1S/C24H29FN4O5S/c1-14-8-16(4-5-17(14)25)26-22(30)20-21-19(10-28(20)3)35(32)27-18-6-7-29(9-15(18)11-34-21)23(31)24(2)12-33-13-24/h4-5,8,10,15,18,27H,6-7,9,11-13H2,1-3H3,(H,26,30). The molecule has 3 aliphatic heterocycles. The lowest BCUT2D eigenvalue weighted by atomic mass is 9.84. The Morgan fingerprint density at radius 1 is 1.31 bits per heavy atom. The zero-order valence-electron chi connectivity index (χ0n) is 19.9. The monoisotopic (exact) mass is 504 g/mol. The maximum atomic E-state index is 13.6. The van der Waals surface area contributed by atoms with E-state index in [1.54, 1.807) is 30.8 Å². The van der Waals surface area contributed by atoms with Crippen molar-refractivity contribution in [1.29, 1.82) is 0 Å². The molecule has 3 unspecified atom stereocenters. The molecule has 2 N–H and O–H groups in total. The molecule has 0 saturated carbocycles. The number of halogens is 1. The van der Waals surface area contributed by atoms with E-state index in [0.29, 0.717) is 48.9 Å². The number of anilines is 1. The number of carbonyl (C=O) groups is 2. The molecule has 5 rings (SSSR count). The summed E-state index contributed by atoms with van der Waals surface area (Å²) in [6, 6.07) is 4.24. The highest BCUT2D eigenvalue weighted by molar-refractivity contribution is 7.83. The Hall–Kier alpha value is -2.76. The van der Waals surface area contributed by atoms with Crippen molar-refractivity contribution < 1.29 is 27.7 Å². The fourth-order valence-corrected chi connectivity index (χ4v) is 6.16. The molecule has 2 saturated heterocycles. The number of hydrogen-bond donors (Lipinski definition) is 2. The first-order valence-electron chi connectivity index (χ1n) is 11.6. The molecule has 3 aliphatic rings. The molecule has 35 heavy (non-hydrogen) atoms. The summed E-state index contributed by atoms with van der Waals surface area (Å²) in [5.74, 6) is -0.584. The van der Waals surface area contributed by atoms with Gasteiger partial charge in [-0.1, -0.05) is 0 Å². The van der Waals surface area contributed by atoms with Gasteiger partial charge in [0.2, 0.25) is 5.91 Å². The minimum atomic E-state index is -1.60. The lowest BCUT2D eigenvalue weighted by Crippen LogP contribution is -2.59. The van der Waals surface area contributed by atoms with Crippen LogP contribution >= 0.6 is 0 Å². The number of aromatic nitrogens is 1. The van der Waals surface area contributed by atoms with Gasteiger partial charge in [-0.05, 0) is 44.0 Å². The molecule has 11 heteroatoms. The third kappa shape index (κ3) is 4.36. The van der Waals surface area contributed by atoms with Crippen LogP contribution in [-0.4, -0.2) is 64.4 Å². The van der Waals surface area contributed by atoms with Crippen molar-refractivity contribution in [2.24, 2.45) is 18.4 Å². The number of likely N-dealkylation sites (tertiary alicyclic amines) is 1. The highest BCUT2D eigenvalue weighted by Crippen LogP contribution is 2.35. The molecule has 188 valence electrons. The van der Waals surface area contributed by atoms with Crippen molar-refractivity contribution in [1.82, 2.24) is 14.2 Å². The Labute approximate surface area is 205 Å². The summed E-state index contributed by atoms with van der Waals surface area (Å²) in [7, 11) is 0.0861. The van der Waals surface area contributed by atoms with Gasteiger partial charge in [0.25, 0.3) is 5.91 Å². The van der Waals surface area contributed by atoms with Gasteiger partial charge in [0.1, 0.15) is 21.7 Å². The molecule has 1 aromatic carbocycles. The first kappa shape index (κ1) is 24.0. The number of fused-ring (bicyclic) bond motifs is 2. The van der Waals surface area contributed by atoms with Crippen molar-refractivity contribution in [2.45, 2.75) is 31.2 Å². The van der Waals surface area contributed by atoms with Crippen LogP contribution in [0.25, 0.3) is 0 Å². The zero-order valence-corrected chi connectivity index (χ0v) is 20.7. The molecule has 3 atom stereocenters. The average molecular weight is 505 g/mol. The minimum absolute atomic E-state index is 0.0699. The van der Waals surface area contributed by atoms with Crippen LogP contribution in [-0.2, 0) is 27.6 Å². The van der Waals surface area contributed by atoms with Crippen LogP contribution in [0.3, 0.4) is 0 Å². The van der Waals surface area contributed by atoms with Crippen LogP contribution in [0.1, 0.15) is 29.4 Å². The second kappa shape index (κ2) is 9.03. The molecule has 0 bridgehead atoms. The second-order valence-electron chi connectivity index (χ2n) is 9.86. The lowest BCUT2D eigenvalue weighted by Gasteiger charge is -2.45. The summed E-state index contributed by atoms with van der Waals surface area (Å²) in [6.45, 7) is 5.70. The normalized spacial score (nSPS) is 25.3. The van der Waals surface area contributed by atoms with E-state index < -0.39 is 22.3 Å². The summed E-state index contributed by atoms with van der Waals surface area (Å²) in [5, 5.41) is 2.77. The second-order valence-corrected chi connectivity index (χ2v) is 11.1. The van der Waals surface area contributed by atoms with Crippen molar-refractivity contribution in [3.63, 3.8) is 0 Å². The first-order chi connectivity index (χ1) is 16.7. The predicted molar refractivity (Wildman–Crippen MR) is 127 cm³/mol.